The first-order valence-electron chi connectivity index (χ1n) is 8.05. The van der Waals surface area contributed by atoms with E-state index in [1.807, 2.05) is 19.1 Å². The van der Waals surface area contributed by atoms with Gasteiger partial charge in [-0.3, -0.25) is 9.59 Å². The molecule has 6 nitrogen and oxygen atoms in total. The Kier molecular flexibility index (Phi) is 5.58. The Hall–Kier alpha value is -2.80. The average Bonchev–Trinajstić information content (AvgIpc) is 3.04. The number of ether oxygens (including phenoxy) is 1. The molecule has 0 unspecified atom stereocenters. The summed E-state index contributed by atoms with van der Waals surface area (Å²) in [7, 11) is 0. The lowest BCUT2D eigenvalue weighted by Crippen LogP contribution is -2.28. The van der Waals surface area contributed by atoms with Gasteiger partial charge in [0.25, 0.3) is 11.8 Å². The van der Waals surface area contributed by atoms with Gasteiger partial charge >= 0.3 is 0 Å². The summed E-state index contributed by atoms with van der Waals surface area (Å²) in [6.45, 7) is 2.36. The molecule has 0 aliphatic rings. The molecule has 0 saturated heterocycles. The highest BCUT2D eigenvalue weighted by Gasteiger charge is 2.13. The number of hydrogen-bond donors (Lipinski definition) is 2. The normalized spacial score (nSPS) is 10.5. The molecule has 1 aromatic heterocycles. The van der Waals surface area contributed by atoms with E-state index in [1.165, 1.54) is 0 Å². The van der Waals surface area contributed by atoms with Crippen LogP contribution in [0.1, 0.15) is 17.5 Å². The van der Waals surface area contributed by atoms with Crippen LogP contribution in [0.4, 0.5) is 5.69 Å². The number of carbonyl (C=O) groups is 2. The van der Waals surface area contributed by atoms with Gasteiger partial charge in [0.05, 0.1) is 0 Å². The van der Waals surface area contributed by atoms with Crippen molar-refractivity contribution >= 4 is 44.4 Å². The number of anilines is 1. The van der Waals surface area contributed by atoms with E-state index in [9.17, 15) is 9.59 Å². The molecule has 0 bridgehead atoms. The van der Waals surface area contributed by atoms with Gasteiger partial charge in [-0.05, 0) is 55.5 Å². The maximum absolute atomic E-state index is 12.3. The second-order valence-electron chi connectivity index (χ2n) is 5.51. The highest BCUT2D eigenvalue weighted by molar-refractivity contribution is 9.10. The van der Waals surface area contributed by atoms with E-state index in [2.05, 4.69) is 26.6 Å². The zero-order chi connectivity index (χ0) is 18.5. The van der Waals surface area contributed by atoms with E-state index < -0.39 is 0 Å². The summed E-state index contributed by atoms with van der Waals surface area (Å²) in [5, 5.41) is 6.26. The number of benzene rings is 2. The maximum atomic E-state index is 12.3. The van der Waals surface area contributed by atoms with Crippen LogP contribution in [0, 0.1) is 0 Å². The van der Waals surface area contributed by atoms with Crippen molar-refractivity contribution in [3.8, 4) is 5.75 Å². The van der Waals surface area contributed by atoms with Gasteiger partial charge < -0.3 is 19.8 Å². The lowest BCUT2D eigenvalue weighted by Gasteiger charge is -2.07. The first-order valence-corrected chi connectivity index (χ1v) is 8.84. The number of amides is 2. The van der Waals surface area contributed by atoms with Gasteiger partial charge in [0.15, 0.2) is 12.4 Å². The second kappa shape index (κ2) is 8.05. The molecule has 26 heavy (non-hydrogen) atoms. The molecule has 0 aliphatic heterocycles. The molecule has 0 saturated carbocycles. The molecule has 3 aromatic rings. The van der Waals surface area contributed by atoms with E-state index in [0.29, 0.717) is 23.6 Å². The van der Waals surface area contributed by atoms with Crippen molar-refractivity contribution in [3.63, 3.8) is 0 Å². The van der Waals surface area contributed by atoms with Crippen LogP contribution < -0.4 is 15.4 Å². The Bertz CT molecular complexity index is 934. The predicted octanol–water partition coefficient (Wildman–Crippen LogP) is 3.96. The number of nitrogens with one attached hydrogen (secondary N) is 2. The number of furan rings is 1. The van der Waals surface area contributed by atoms with E-state index in [-0.39, 0.29) is 24.2 Å². The minimum atomic E-state index is -0.340. The van der Waals surface area contributed by atoms with E-state index >= 15 is 0 Å². The van der Waals surface area contributed by atoms with Crippen molar-refractivity contribution < 1.29 is 18.7 Å². The zero-order valence-corrected chi connectivity index (χ0v) is 15.6. The Balaban J connectivity index is 1.62. The highest BCUT2D eigenvalue weighted by atomic mass is 79.9. The fraction of sp³-hybridized carbons (Fsp3) is 0.158. The van der Waals surface area contributed by atoms with Gasteiger partial charge in [-0.15, -0.1) is 0 Å². The van der Waals surface area contributed by atoms with Gasteiger partial charge in [0.2, 0.25) is 0 Å². The molecular formula is C19H17BrN2O4. The molecule has 0 fully saturated rings. The summed E-state index contributed by atoms with van der Waals surface area (Å²) < 4.78 is 11.9. The van der Waals surface area contributed by atoms with Crippen molar-refractivity contribution in [3.05, 3.63) is 58.8 Å². The van der Waals surface area contributed by atoms with Gasteiger partial charge in [0.1, 0.15) is 11.3 Å². The summed E-state index contributed by atoms with van der Waals surface area (Å²) in [5.41, 5.74) is 1.24. The van der Waals surface area contributed by atoms with Gasteiger partial charge in [-0.2, -0.15) is 0 Å². The van der Waals surface area contributed by atoms with Crippen LogP contribution in [0.5, 0.6) is 5.75 Å². The van der Waals surface area contributed by atoms with Crippen LogP contribution in [-0.2, 0) is 4.79 Å². The molecule has 0 radical (unpaired) electrons. The highest BCUT2D eigenvalue weighted by Crippen LogP contribution is 2.24. The lowest BCUT2D eigenvalue weighted by molar-refractivity contribution is -0.122. The number of fused-ring (bicyclic) bond motifs is 1. The third-order valence-corrected chi connectivity index (χ3v) is 4.05. The van der Waals surface area contributed by atoms with Crippen molar-refractivity contribution in [1.29, 1.82) is 0 Å². The minimum Gasteiger partial charge on any atom is -0.484 e. The quantitative estimate of drug-likeness (QED) is 0.636. The summed E-state index contributed by atoms with van der Waals surface area (Å²) >= 11 is 3.39. The second-order valence-corrected chi connectivity index (χ2v) is 6.43. The topological polar surface area (TPSA) is 80.6 Å². The first-order chi connectivity index (χ1) is 12.5. The molecule has 2 amide bonds. The average molecular weight is 417 g/mol. The van der Waals surface area contributed by atoms with E-state index in [0.717, 1.165) is 9.86 Å². The molecule has 0 spiro atoms. The Morgan fingerprint density at radius 3 is 2.62 bits per heavy atom. The molecule has 3 rings (SSSR count). The molecule has 2 N–H and O–H groups in total. The molecule has 1 heterocycles. The number of carbonyl (C=O) groups excluding carboxylic acids is 2. The third-order valence-electron chi connectivity index (χ3n) is 3.56. The SMILES string of the molecule is CCNC(=O)COc1ccc(NC(=O)c2cc3cc(Br)ccc3o2)cc1. The van der Waals surface area contributed by atoms with Gasteiger partial charge in [-0.1, -0.05) is 15.9 Å². The van der Waals surface area contributed by atoms with Crippen LogP contribution in [0.15, 0.2) is 57.4 Å². The fourth-order valence-electron chi connectivity index (χ4n) is 2.35. The first kappa shape index (κ1) is 18.0. The van der Waals surface area contributed by atoms with Crippen molar-refractivity contribution in [2.45, 2.75) is 6.92 Å². The Morgan fingerprint density at radius 1 is 1.12 bits per heavy atom. The van der Waals surface area contributed by atoms with Crippen LogP contribution in [0.3, 0.4) is 0 Å². The molecule has 134 valence electrons. The Labute approximate surface area is 158 Å². The van der Waals surface area contributed by atoms with Crippen LogP contribution in [0.25, 0.3) is 11.0 Å². The smallest absolute Gasteiger partial charge is 0.291 e. The summed E-state index contributed by atoms with van der Waals surface area (Å²) in [6, 6.07) is 14.0. The summed E-state index contributed by atoms with van der Waals surface area (Å²) in [4.78, 5) is 23.7. The molecule has 7 heteroatoms. The maximum Gasteiger partial charge on any atom is 0.291 e. The number of halogens is 1. The van der Waals surface area contributed by atoms with Crippen LogP contribution in [-0.4, -0.2) is 25.0 Å². The van der Waals surface area contributed by atoms with E-state index in [1.54, 1.807) is 36.4 Å². The summed E-state index contributed by atoms with van der Waals surface area (Å²) in [6.07, 6.45) is 0. The monoisotopic (exact) mass is 416 g/mol. The van der Waals surface area contributed by atoms with Crippen molar-refractivity contribution in [2.24, 2.45) is 0 Å². The van der Waals surface area contributed by atoms with Crippen LogP contribution >= 0.6 is 15.9 Å². The minimum absolute atomic E-state index is 0.0475. The fourth-order valence-corrected chi connectivity index (χ4v) is 2.73. The molecular weight excluding hydrogens is 400 g/mol. The molecule has 0 aliphatic carbocycles. The molecule has 2 aromatic carbocycles. The predicted molar refractivity (Wildman–Crippen MR) is 102 cm³/mol. The van der Waals surface area contributed by atoms with Crippen molar-refractivity contribution in [1.82, 2.24) is 5.32 Å². The van der Waals surface area contributed by atoms with Crippen LogP contribution in [0.2, 0.25) is 0 Å². The number of hydrogen-bond acceptors (Lipinski definition) is 4. The van der Waals surface area contributed by atoms with Gasteiger partial charge in [-0.25, -0.2) is 0 Å². The summed E-state index contributed by atoms with van der Waals surface area (Å²) in [5.74, 6) is 0.257. The van der Waals surface area contributed by atoms with Gasteiger partial charge in [0, 0.05) is 22.1 Å². The number of likely N-dealkylation sites (N-methyl/N-ethyl adjacent to an activating group) is 1. The lowest BCUT2D eigenvalue weighted by atomic mass is 10.2. The molecule has 0 atom stereocenters. The van der Waals surface area contributed by atoms with E-state index in [4.69, 9.17) is 9.15 Å². The number of rotatable bonds is 6. The third kappa shape index (κ3) is 4.43. The zero-order valence-electron chi connectivity index (χ0n) is 14.0. The Morgan fingerprint density at radius 2 is 1.88 bits per heavy atom. The largest absolute Gasteiger partial charge is 0.484 e. The van der Waals surface area contributed by atoms with Crippen molar-refractivity contribution in [2.75, 3.05) is 18.5 Å². The standard InChI is InChI=1S/C19H17BrN2O4/c1-2-21-18(23)11-25-15-6-4-14(5-7-15)22-19(24)17-10-12-9-13(20)3-8-16(12)26-17/h3-10H,2,11H2,1H3,(H,21,23)(H,22,24).